The lowest BCUT2D eigenvalue weighted by molar-refractivity contribution is -0.137. The number of methoxy groups -OCH3 is 1. The number of ketones is 1. The van der Waals surface area contributed by atoms with Gasteiger partial charge in [-0.05, 0) is 36.8 Å². The van der Waals surface area contributed by atoms with Crippen LogP contribution in [-0.4, -0.2) is 63.8 Å². The van der Waals surface area contributed by atoms with Crippen molar-refractivity contribution in [1.82, 2.24) is 0 Å². The molecule has 1 fully saturated rings. The van der Waals surface area contributed by atoms with Gasteiger partial charge < -0.3 is 14.9 Å². The first-order valence-corrected chi connectivity index (χ1v) is 15.1. The zero-order chi connectivity index (χ0) is 25.6. The Morgan fingerprint density at radius 1 is 1.31 bits per heavy atom. The number of thioether (sulfide) groups is 2. The molecule has 2 N–H and O–H groups in total. The smallest absolute Gasteiger partial charge is 0.315 e. The summed E-state index contributed by atoms with van der Waals surface area (Å²) < 4.78 is 5.77. The lowest BCUT2D eigenvalue weighted by atomic mass is 9.86. The molecule has 1 aromatic carbocycles. The number of hydrogen-bond acceptors (Lipinski definition) is 8. The van der Waals surface area contributed by atoms with Gasteiger partial charge in [0.05, 0.1) is 40.8 Å². The summed E-state index contributed by atoms with van der Waals surface area (Å²) in [6, 6.07) is 8.00. The summed E-state index contributed by atoms with van der Waals surface area (Å²) >= 11 is 11.2. The van der Waals surface area contributed by atoms with Crippen LogP contribution < -0.4 is 0 Å². The summed E-state index contributed by atoms with van der Waals surface area (Å²) in [7, 11) is 1.38. The van der Waals surface area contributed by atoms with E-state index in [1.807, 2.05) is 30.3 Å². The number of thiophene rings is 1. The van der Waals surface area contributed by atoms with Crippen molar-refractivity contribution in [1.29, 1.82) is 0 Å². The molecule has 3 rings (SSSR count). The minimum absolute atomic E-state index is 0.0402. The third-order valence-corrected chi connectivity index (χ3v) is 10.6. The van der Waals surface area contributed by atoms with Crippen LogP contribution in [0, 0.1) is 11.3 Å². The molecule has 9 heteroatoms. The Morgan fingerprint density at radius 2 is 2.06 bits per heavy atom. The summed E-state index contributed by atoms with van der Waals surface area (Å²) in [5, 5.41) is 22.9. The molecule has 5 nitrogen and oxygen atoms in total. The molecule has 0 radical (unpaired) electrons. The van der Waals surface area contributed by atoms with Gasteiger partial charge in [-0.15, -0.1) is 23.1 Å². The zero-order valence-corrected chi connectivity index (χ0v) is 23.4. The van der Waals surface area contributed by atoms with Crippen molar-refractivity contribution in [2.75, 3.05) is 24.4 Å². The fourth-order valence-electron chi connectivity index (χ4n) is 4.17. The van der Waals surface area contributed by atoms with Gasteiger partial charge in [-0.3, -0.25) is 9.59 Å². The van der Waals surface area contributed by atoms with Gasteiger partial charge in [0.2, 0.25) is 0 Å². The van der Waals surface area contributed by atoms with Crippen molar-refractivity contribution in [3.05, 3.63) is 46.3 Å². The molecule has 35 heavy (non-hydrogen) atoms. The Morgan fingerprint density at radius 3 is 2.77 bits per heavy atom. The number of aryl methyl sites for hydroxylation is 1. The van der Waals surface area contributed by atoms with Crippen molar-refractivity contribution in [2.24, 2.45) is 11.3 Å². The molecule has 2 aromatic rings. The molecule has 0 bridgehead atoms. The molecule has 4 atom stereocenters. The fraction of sp³-hybridized carbons (Fsp3) is 0.538. The van der Waals surface area contributed by atoms with E-state index in [1.165, 1.54) is 18.9 Å². The quantitative estimate of drug-likeness (QED) is 0.206. The standard InChI is InChI=1S/C26H33ClO5S3/c1-26(2)24(30)18(23(25(26)31)34-14-6-13-33-15-21(29)32-3)11-9-16(28)10-12-20-22(27)17-7-4-5-8-19(17)35-20/h4-5,7-9,11,16,18,23-24,28,30H,6,10,12-15H2,1-3H3/t16?,18-,23-,24+/m1/s1. The molecular formula is C26H33ClO5S3. The molecule has 1 unspecified atom stereocenters. The summed E-state index contributed by atoms with van der Waals surface area (Å²) in [6.07, 6.45) is 4.05. The highest BCUT2D eigenvalue weighted by Crippen LogP contribution is 2.45. The number of esters is 1. The Kier molecular flexibility index (Phi) is 10.6. The zero-order valence-electron chi connectivity index (χ0n) is 20.2. The molecule has 1 saturated carbocycles. The predicted molar refractivity (Wildman–Crippen MR) is 149 cm³/mol. The highest BCUT2D eigenvalue weighted by molar-refractivity contribution is 8.01. The van der Waals surface area contributed by atoms with E-state index in [-0.39, 0.29) is 22.9 Å². The summed E-state index contributed by atoms with van der Waals surface area (Å²) in [5.74, 6) is 1.33. The SMILES string of the molecule is COC(=O)CSCCCS[C@H]1C(=O)C(C)(C)[C@@H](O)[C@@H]1C=CC(O)CCc1sc2ccccc2c1Cl. The van der Waals surface area contributed by atoms with Crippen molar-refractivity contribution >= 4 is 68.3 Å². The molecule has 1 aliphatic carbocycles. The average Bonchev–Trinajstić information content (AvgIpc) is 3.25. The van der Waals surface area contributed by atoms with E-state index < -0.39 is 17.6 Å². The Labute approximate surface area is 224 Å². The number of hydrogen-bond donors (Lipinski definition) is 2. The van der Waals surface area contributed by atoms with Crippen molar-refractivity contribution in [3.63, 3.8) is 0 Å². The maximum absolute atomic E-state index is 13.0. The molecule has 1 aliphatic rings. The van der Waals surface area contributed by atoms with Crippen LogP contribution in [0.3, 0.4) is 0 Å². The first-order valence-electron chi connectivity index (χ1n) is 11.7. The van der Waals surface area contributed by atoms with E-state index in [2.05, 4.69) is 4.74 Å². The predicted octanol–water partition coefficient (Wildman–Crippen LogP) is 5.39. The molecule has 192 valence electrons. The number of Topliss-reactive ketones (excluding diaryl/α,β-unsaturated/α-hetero) is 1. The van der Waals surface area contributed by atoms with Gasteiger partial charge in [0.25, 0.3) is 0 Å². The first-order chi connectivity index (χ1) is 16.7. The van der Waals surface area contributed by atoms with Gasteiger partial charge >= 0.3 is 5.97 Å². The number of benzene rings is 1. The van der Waals surface area contributed by atoms with Crippen molar-refractivity contribution in [3.8, 4) is 0 Å². The Balaban J connectivity index is 1.55. The van der Waals surface area contributed by atoms with Gasteiger partial charge in [0.15, 0.2) is 5.78 Å². The van der Waals surface area contributed by atoms with E-state index in [0.717, 1.165) is 37.9 Å². The first kappa shape index (κ1) is 28.5. The van der Waals surface area contributed by atoms with Crippen molar-refractivity contribution in [2.45, 2.75) is 50.6 Å². The summed E-state index contributed by atoms with van der Waals surface area (Å²) in [6.45, 7) is 3.57. The van der Waals surface area contributed by atoms with Gasteiger partial charge in [0, 0.05) is 20.9 Å². The molecule has 0 aliphatic heterocycles. The van der Waals surface area contributed by atoms with E-state index >= 15 is 0 Å². The van der Waals surface area contributed by atoms with Gasteiger partial charge in [-0.1, -0.05) is 55.8 Å². The maximum atomic E-state index is 13.0. The van der Waals surface area contributed by atoms with Crippen molar-refractivity contribution < 1.29 is 24.5 Å². The second-order valence-corrected chi connectivity index (χ2v) is 13.1. The van der Waals surface area contributed by atoms with Crippen LogP contribution in [-0.2, 0) is 20.7 Å². The minimum Gasteiger partial charge on any atom is -0.468 e. The normalized spacial score (nSPS) is 22.8. The monoisotopic (exact) mass is 556 g/mol. The van der Waals surface area contributed by atoms with Crippen LogP contribution in [0.15, 0.2) is 36.4 Å². The lowest BCUT2D eigenvalue weighted by Gasteiger charge is -2.22. The number of halogens is 1. The maximum Gasteiger partial charge on any atom is 0.315 e. The number of fused-ring (bicyclic) bond motifs is 1. The molecule has 0 amide bonds. The van der Waals surface area contributed by atoms with E-state index in [9.17, 15) is 19.8 Å². The third-order valence-electron chi connectivity index (χ3n) is 6.35. The molecule has 1 heterocycles. The number of aliphatic hydroxyl groups excluding tert-OH is 2. The van der Waals surface area contributed by atoms with E-state index in [1.54, 1.807) is 43.0 Å². The molecule has 1 aromatic heterocycles. The second-order valence-electron chi connectivity index (χ2n) is 9.21. The van der Waals surface area contributed by atoms with Gasteiger partial charge in [-0.2, -0.15) is 11.8 Å². The van der Waals surface area contributed by atoms with E-state index in [0.29, 0.717) is 18.6 Å². The Bertz CT molecular complexity index is 1050. The molecule has 0 saturated heterocycles. The van der Waals surface area contributed by atoms with Crippen LogP contribution in [0.4, 0.5) is 0 Å². The lowest BCUT2D eigenvalue weighted by Crippen LogP contribution is -2.31. The summed E-state index contributed by atoms with van der Waals surface area (Å²) in [4.78, 5) is 25.3. The topological polar surface area (TPSA) is 83.8 Å². The number of ether oxygens (including phenoxy) is 1. The Hall–Kier alpha value is -1.03. The highest BCUT2D eigenvalue weighted by Gasteiger charge is 2.53. The summed E-state index contributed by atoms with van der Waals surface area (Å²) in [5.41, 5.74) is -0.831. The van der Waals surface area contributed by atoms with Gasteiger partial charge in [0.1, 0.15) is 0 Å². The van der Waals surface area contributed by atoms with Crippen LogP contribution in [0.5, 0.6) is 0 Å². The largest absolute Gasteiger partial charge is 0.468 e. The molecular weight excluding hydrogens is 524 g/mol. The number of rotatable bonds is 12. The van der Waals surface area contributed by atoms with Gasteiger partial charge in [-0.25, -0.2) is 0 Å². The number of aliphatic hydroxyl groups is 2. The fourth-order valence-corrected chi connectivity index (χ4v) is 8.15. The minimum atomic E-state index is -0.831. The van der Waals surface area contributed by atoms with Crippen LogP contribution >= 0.6 is 46.5 Å². The highest BCUT2D eigenvalue weighted by atomic mass is 35.5. The molecule has 0 spiro atoms. The van der Waals surface area contributed by atoms with Crippen LogP contribution in [0.1, 0.15) is 31.6 Å². The third kappa shape index (κ3) is 7.05. The number of carbonyl (C=O) groups excluding carboxylic acids is 2. The van der Waals surface area contributed by atoms with Crippen LogP contribution in [0.2, 0.25) is 5.02 Å². The average molecular weight is 557 g/mol. The number of carbonyl (C=O) groups is 2. The van der Waals surface area contributed by atoms with Crippen LogP contribution in [0.25, 0.3) is 10.1 Å². The van der Waals surface area contributed by atoms with E-state index in [4.69, 9.17) is 11.6 Å². The second kappa shape index (κ2) is 13.0.